The highest BCUT2D eigenvalue weighted by molar-refractivity contribution is 5.73. The average Bonchev–Trinajstić information content (AvgIpc) is 2.38. The van der Waals surface area contributed by atoms with E-state index in [-0.39, 0.29) is 11.9 Å². The molecule has 9 heteroatoms. The van der Waals surface area contributed by atoms with Gasteiger partial charge < -0.3 is 0 Å². The van der Waals surface area contributed by atoms with E-state index in [2.05, 4.69) is 34.4 Å². The van der Waals surface area contributed by atoms with Crippen LogP contribution in [0.2, 0.25) is 0 Å². The largest absolute Gasteiger partial charge is 0.273 e. The molecule has 1 amide bonds. The van der Waals surface area contributed by atoms with Gasteiger partial charge in [0.05, 0.1) is 32.5 Å². The van der Waals surface area contributed by atoms with Crippen LogP contribution in [0.15, 0.2) is 47.8 Å². The molecular formula is C12H14ClN3O5. The van der Waals surface area contributed by atoms with E-state index in [0.29, 0.717) is 5.36 Å². The van der Waals surface area contributed by atoms with Gasteiger partial charge in [0.15, 0.2) is 0 Å². The number of hydrogen-bond donors (Lipinski definition) is 1. The van der Waals surface area contributed by atoms with Crippen LogP contribution < -0.4 is 19.3 Å². The molecule has 1 aliphatic rings. The van der Waals surface area contributed by atoms with E-state index in [1.807, 2.05) is 10.9 Å². The summed E-state index contributed by atoms with van der Waals surface area (Å²) in [6, 6.07) is 1.95. The second-order valence-electron chi connectivity index (χ2n) is 3.97. The van der Waals surface area contributed by atoms with Crippen LogP contribution in [0.5, 0.6) is 0 Å². The first-order valence-corrected chi connectivity index (χ1v) is 7.08. The number of halogens is 1. The SMILES string of the molecule is CC(=O)N=c1ccn(C2C=CCC=C2)nc1.[O-][Cl+3]([O-])([O-])O. The van der Waals surface area contributed by atoms with Crippen molar-refractivity contribution in [1.82, 2.24) is 9.78 Å². The van der Waals surface area contributed by atoms with Crippen molar-refractivity contribution in [3.8, 4) is 0 Å². The molecule has 2 rings (SSSR count). The Balaban J connectivity index is 0.000000383. The molecule has 8 nitrogen and oxygen atoms in total. The van der Waals surface area contributed by atoms with Crippen LogP contribution in [0.1, 0.15) is 19.4 Å². The fraction of sp³-hybridized carbons (Fsp3) is 0.250. The Kier molecular flexibility index (Phi) is 6.40. The van der Waals surface area contributed by atoms with E-state index in [1.165, 1.54) is 6.92 Å². The minimum absolute atomic E-state index is 0.167. The molecule has 0 spiro atoms. The van der Waals surface area contributed by atoms with Crippen molar-refractivity contribution in [3.05, 3.63) is 48.1 Å². The lowest BCUT2D eigenvalue weighted by Gasteiger charge is -2.13. The number of carbonyl (C=O) groups excluding carboxylic acids is 1. The Morgan fingerprint density at radius 1 is 1.43 bits per heavy atom. The van der Waals surface area contributed by atoms with Crippen LogP contribution in [0.25, 0.3) is 0 Å². The fourth-order valence-corrected chi connectivity index (χ4v) is 1.54. The van der Waals surface area contributed by atoms with E-state index in [1.54, 1.807) is 12.3 Å². The van der Waals surface area contributed by atoms with Crippen molar-refractivity contribution < 1.29 is 33.7 Å². The maximum absolute atomic E-state index is 10.8. The molecule has 0 atom stereocenters. The standard InChI is InChI=1S/C12H13N3O.ClHO4/c1-10(16)14-11-7-8-15(13-9-11)12-5-3-2-4-6-12;2-1(3,4)5/h3-9,12H,2H2,1H3;(H,2,3,4,5). The first-order chi connectivity index (χ1) is 9.75. The molecule has 1 aliphatic carbocycles. The molecule has 21 heavy (non-hydrogen) atoms. The molecule has 1 aromatic rings. The van der Waals surface area contributed by atoms with Crippen molar-refractivity contribution in [2.24, 2.45) is 4.99 Å². The summed E-state index contributed by atoms with van der Waals surface area (Å²) in [7, 11) is -4.69. The minimum atomic E-state index is -4.69. The van der Waals surface area contributed by atoms with E-state index in [0.717, 1.165) is 6.42 Å². The molecule has 0 radical (unpaired) electrons. The normalized spacial score (nSPS) is 15.6. The molecule has 114 valence electrons. The van der Waals surface area contributed by atoms with Crippen LogP contribution in [0.4, 0.5) is 0 Å². The topological polar surface area (TPSA) is 137 Å². The van der Waals surface area contributed by atoms with Crippen molar-refractivity contribution in [2.75, 3.05) is 0 Å². The second-order valence-corrected chi connectivity index (χ2v) is 4.77. The number of rotatable bonds is 1. The Morgan fingerprint density at radius 3 is 2.43 bits per heavy atom. The van der Waals surface area contributed by atoms with Gasteiger partial charge in [0.2, 0.25) is 5.91 Å². The zero-order valence-corrected chi connectivity index (χ0v) is 11.9. The summed E-state index contributed by atoms with van der Waals surface area (Å²) in [5, 5.41) is 4.81. The number of allylic oxidation sites excluding steroid dienone is 4. The molecule has 0 saturated carbocycles. The van der Waals surface area contributed by atoms with E-state index in [9.17, 15) is 4.79 Å². The highest BCUT2D eigenvalue weighted by atomic mass is 35.7. The van der Waals surface area contributed by atoms with Gasteiger partial charge in [0.25, 0.3) is 0 Å². The second kappa shape index (κ2) is 7.81. The summed E-state index contributed by atoms with van der Waals surface area (Å²) >= 11 is 0. The lowest BCUT2D eigenvalue weighted by Crippen LogP contribution is -2.58. The van der Waals surface area contributed by atoms with E-state index >= 15 is 0 Å². The predicted molar refractivity (Wildman–Crippen MR) is 62.6 cm³/mol. The molecule has 0 aliphatic heterocycles. The van der Waals surface area contributed by atoms with Gasteiger partial charge in [-0.2, -0.15) is 19.1 Å². The third-order valence-electron chi connectivity index (χ3n) is 2.25. The summed E-state index contributed by atoms with van der Waals surface area (Å²) in [6.45, 7) is 1.42. The van der Waals surface area contributed by atoms with Crippen LogP contribution in [-0.2, 0) is 4.79 Å². The number of carbonyl (C=O) groups is 1. The highest BCUT2D eigenvalue weighted by Crippen LogP contribution is 2.12. The molecule has 1 heterocycles. The van der Waals surface area contributed by atoms with E-state index in [4.69, 9.17) is 18.6 Å². The number of amides is 1. The van der Waals surface area contributed by atoms with Gasteiger partial charge in [-0.3, -0.25) is 9.48 Å². The maximum atomic E-state index is 10.8. The third kappa shape index (κ3) is 8.12. The summed E-state index contributed by atoms with van der Waals surface area (Å²) in [5.41, 5.74) is 0. The molecular weight excluding hydrogens is 302 g/mol. The van der Waals surface area contributed by atoms with Gasteiger partial charge in [-0.05, 0) is 12.5 Å². The third-order valence-corrected chi connectivity index (χ3v) is 2.25. The van der Waals surface area contributed by atoms with Crippen molar-refractivity contribution in [1.29, 1.82) is 0 Å². The zero-order chi connectivity index (χ0) is 15.9. The Labute approximate surface area is 122 Å². The lowest BCUT2D eigenvalue weighted by molar-refractivity contribution is -1.92. The average molecular weight is 316 g/mol. The molecule has 0 bridgehead atoms. The van der Waals surface area contributed by atoms with Gasteiger partial charge in [-0.15, -0.1) is 0 Å². The highest BCUT2D eigenvalue weighted by Gasteiger charge is 2.03. The quantitative estimate of drug-likeness (QED) is 0.558. The molecule has 0 unspecified atom stereocenters. The first kappa shape index (κ1) is 17.2. The van der Waals surface area contributed by atoms with Gasteiger partial charge >= 0.3 is 0 Å². The first-order valence-electron chi connectivity index (χ1n) is 5.82. The monoisotopic (exact) mass is 315 g/mol. The number of aromatic nitrogens is 2. The fourth-order valence-electron chi connectivity index (χ4n) is 1.54. The lowest BCUT2D eigenvalue weighted by atomic mass is 10.1. The Morgan fingerprint density at radius 2 is 2.00 bits per heavy atom. The Bertz CT molecular complexity index is 565. The zero-order valence-electron chi connectivity index (χ0n) is 11.1. The van der Waals surface area contributed by atoms with Gasteiger partial charge in [0, 0.05) is 13.1 Å². The minimum Gasteiger partial charge on any atom is -0.273 e. The summed E-state index contributed by atoms with van der Waals surface area (Å²) in [6.07, 6.45) is 12.8. The van der Waals surface area contributed by atoms with Crippen LogP contribution in [0, 0.1) is 10.2 Å². The Hall–Kier alpha value is -1.84. The van der Waals surface area contributed by atoms with Crippen molar-refractivity contribution in [2.45, 2.75) is 19.4 Å². The number of hydrogen-bond acceptors (Lipinski definition) is 6. The summed E-state index contributed by atoms with van der Waals surface area (Å²) < 4.78 is 34.5. The van der Waals surface area contributed by atoms with Crippen LogP contribution >= 0.6 is 0 Å². The maximum Gasteiger partial charge on any atom is 0.243 e. The van der Waals surface area contributed by atoms with Gasteiger partial charge in [-0.25, -0.2) is 4.99 Å². The molecule has 1 N–H and O–H groups in total. The molecule has 0 aromatic carbocycles. The van der Waals surface area contributed by atoms with Crippen molar-refractivity contribution >= 4 is 5.91 Å². The smallest absolute Gasteiger partial charge is 0.243 e. The van der Waals surface area contributed by atoms with Crippen LogP contribution in [-0.4, -0.2) is 20.3 Å². The molecule has 1 aromatic heterocycles. The molecule has 0 fully saturated rings. The van der Waals surface area contributed by atoms with Crippen LogP contribution in [0.3, 0.4) is 0 Å². The van der Waals surface area contributed by atoms with Gasteiger partial charge in [-0.1, -0.05) is 24.3 Å². The summed E-state index contributed by atoms with van der Waals surface area (Å²) in [5.74, 6) is -0.211. The number of nitrogens with zero attached hydrogens (tertiary/aromatic N) is 3. The van der Waals surface area contributed by atoms with Gasteiger partial charge in [0.1, 0.15) is 0 Å². The predicted octanol–water partition coefficient (Wildman–Crippen LogP) is -2.74. The summed E-state index contributed by atoms with van der Waals surface area (Å²) in [4.78, 5) is 14.6. The van der Waals surface area contributed by atoms with E-state index < -0.39 is 10.2 Å². The van der Waals surface area contributed by atoms with Crippen molar-refractivity contribution in [3.63, 3.8) is 0 Å². The molecule has 0 saturated heterocycles.